The number of alkyl halides is 9. The Morgan fingerprint density at radius 1 is 0.722 bits per heavy atom. The third-order valence-corrected chi connectivity index (χ3v) is 6.21. The Labute approximate surface area is 193 Å². The third kappa shape index (κ3) is 3.68. The summed E-state index contributed by atoms with van der Waals surface area (Å²) in [7, 11) is 0. The molecular weight excluding hydrogens is 523 g/mol. The van der Waals surface area contributed by atoms with E-state index >= 15 is 0 Å². The van der Waals surface area contributed by atoms with Crippen LogP contribution in [0.2, 0.25) is 0 Å². The molecular formula is C20H11F9O7. The first-order chi connectivity index (χ1) is 16.4. The van der Waals surface area contributed by atoms with Crippen molar-refractivity contribution >= 4 is 23.9 Å². The minimum Gasteiger partial charge on any atom is -0.428 e. The van der Waals surface area contributed by atoms with Gasteiger partial charge in [0.05, 0.1) is 24.2 Å². The van der Waals surface area contributed by atoms with E-state index in [0.717, 1.165) is 6.07 Å². The van der Waals surface area contributed by atoms with Crippen LogP contribution in [0.5, 0.6) is 5.75 Å². The summed E-state index contributed by atoms with van der Waals surface area (Å²) in [6.07, 6.45) is -14.1. The molecule has 2 heterocycles. The summed E-state index contributed by atoms with van der Waals surface area (Å²) in [5.41, 5.74) is -0.360. The van der Waals surface area contributed by atoms with Gasteiger partial charge < -0.3 is 14.2 Å². The minimum atomic E-state index is -7.19. The predicted octanol–water partition coefficient (Wildman–Crippen LogP) is 3.85. The van der Waals surface area contributed by atoms with Crippen molar-refractivity contribution in [3.8, 4) is 5.75 Å². The van der Waals surface area contributed by atoms with Crippen LogP contribution >= 0.6 is 0 Å². The summed E-state index contributed by atoms with van der Waals surface area (Å²) in [4.78, 5) is 47.9. The number of cyclic esters (lactones) is 4. The van der Waals surface area contributed by atoms with Gasteiger partial charge in [-0.2, -0.15) is 39.5 Å². The second-order valence-electron chi connectivity index (χ2n) is 8.33. The number of carbonyl (C=O) groups is 4. The lowest BCUT2D eigenvalue weighted by Crippen LogP contribution is -2.62. The van der Waals surface area contributed by atoms with Gasteiger partial charge in [0.15, 0.2) is 0 Å². The number of hydrogen-bond acceptors (Lipinski definition) is 7. The molecule has 1 aliphatic carbocycles. The summed E-state index contributed by atoms with van der Waals surface area (Å²) in [6.45, 7) is 0. The molecule has 196 valence electrons. The standard InChI is InChI=1S/C20H11F9O7/c21-17(22,19(25,26)27)18(23,24)20(28,29)36-6-1-2-7-8(10-5-12(30)34-14(10)31)4-11-13(9(7)3-6)16(33)35-15(11)32/h1-3,8,10-11,13H,4-5H2. The Balaban J connectivity index is 1.74. The molecule has 36 heavy (non-hydrogen) atoms. The average Bonchev–Trinajstić information content (AvgIpc) is 3.22. The van der Waals surface area contributed by atoms with Gasteiger partial charge in [-0.15, -0.1) is 0 Å². The van der Waals surface area contributed by atoms with Crippen LogP contribution in [0.15, 0.2) is 18.2 Å². The van der Waals surface area contributed by atoms with Crippen molar-refractivity contribution < 1.29 is 72.9 Å². The lowest BCUT2D eigenvalue weighted by Gasteiger charge is -2.34. The zero-order valence-corrected chi connectivity index (χ0v) is 17.2. The molecule has 1 aromatic rings. The molecule has 0 amide bonds. The fourth-order valence-corrected chi connectivity index (χ4v) is 4.49. The normalized spacial score (nSPS) is 26.9. The highest BCUT2D eigenvalue weighted by Crippen LogP contribution is 2.55. The van der Waals surface area contributed by atoms with E-state index in [4.69, 9.17) is 0 Å². The highest BCUT2D eigenvalue weighted by atomic mass is 19.4. The largest absolute Gasteiger partial charge is 0.471 e. The quantitative estimate of drug-likeness (QED) is 0.322. The Kier molecular flexibility index (Phi) is 5.60. The zero-order valence-electron chi connectivity index (χ0n) is 17.2. The van der Waals surface area contributed by atoms with Crippen LogP contribution in [0.4, 0.5) is 39.5 Å². The molecule has 4 rings (SSSR count). The first-order valence-electron chi connectivity index (χ1n) is 9.92. The summed E-state index contributed by atoms with van der Waals surface area (Å²) < 4.78 is 131. The van der Waals surface area contributed by atoms with Gasteiger partial charge in [0.2, 0.25) is 0 Å². The summed E-state index contributed by atoms with van der Waals surface area (Å²) in [6, 6.07) is 1.84. The maximum absolute atomic E-state index is 14.0. The van der Waals surface area contributed by atoms with Crippen LogP contribution in [0.1, 0.15) is 35.8 Å². The van der Waals surface area contributed by atoms with E-state index in [0.29, 0.717) is 12.1 Å². The number of fused-ring (bicyclic) bond motifs is 3. The zero-order chi connectivity index (χ0) is 27.0. The number of rotatable bonds is 5. The van der Waals surface area contributed by atoms with Gasteiger partial charge in [0, 0.05) is 0 Å². The lowest BCUT2D eigenvalue weighted by molar-refractivity contribution is -0.428. The van der Waals surface area contributed by atoms with E-state index in [2.05, 4.69) is 14.2 Å². The maximum Gasteiger partial charge on any atom is 0.471 e. The van der Waals surface area contributed by atoms with Crippen molar-refractivity contribution in [1.82, 2.24) is 0 Å². The van der Waals surface area contributed by atoms with Crippen LogP contribution < -0.4 is 4.74 Å². The molecule has 4 atom stereocenters. The van der Waals surface area contributed by atoms with Crippen molar-refractivity contribution in [1.29, 1.82) is 0 Å². The molecule has 2 aliphatic heterocycles. The second-order valence-corrected chi connectivity index (χ2v) is 8.33. The Hall–Kier alpha value is -3.33. The van der Waals surface area contributed by atoms with Gasteiger partial charge in [0.1, 0.15) is 5.75 Å². The predicted molar refractivity (Wildman–Crippen MR) is 91.9 cm³/mol. The molecule has 0 radical (unpaired) electrons. The third-order valence-electron chi connectivity index (χ3n) is 6.21. The SMILES string of the molecule is O=C1CC(C2CC3C(=O)OC(=O)C3c3cc(OC(F)(F)C(F)(F)C(F)(F)C(F)(F)F)ccc32)C(=O)O1. The van der Waals surface area contributed by atoms with Crippen molar-refractivity contribution in [3.63, 3.8) is 0 Å². The topological polar surface area (TPSA) is 96.0 Å². The Bertz CT molecular complexity index is 1160. The van der Waals surface area contributed by atoms with Gasteiger partial charge in [0.25, 0.3) is 0 Å². The smallest absolute Gasteiger partial charge is 0.428 e. The summed E-state index contributed by atoms with van der Waals surface area (Å²) in [5, 5.41) is 0. The van der Waals surface area contributed by atoms with E-state index in [1.807, 2.05) is 0 Å². The molecule has 0 aromatic heterocycles. The van der Waals surface area contributed by atoms with Crippen molar-refractivity contribution in [3.05, 3.63) is 29.3 Å². The fraction of sp³-hybridized carbons (Fsp3) is 0.500. The molecule has 1 aromatic carbocycles. The number of carbonyl (C=O) groups excluding carboxylic acids is 4. The number of halogens is 9. The molecule has 3 aliphatic rings. The van der Waals surface area contributed by atoms with Crippen molar-refractivity contribution in [2.45, 2.75) is 48.8 Å². The van der Waals surface area contributed by atoms with Crippen LogP contribution in [-0.4, -0.2) is 48.0 Å². The lowest BCUT2D eigenvalue weighted by atomic mass is 9.67. The molecule has 16 heteroatoms. The fourth-order valence-electron chi connectivity index (χ4n) is 4.49. The summed E-state index contributed by atoms with van der Waals surface area (Å²) in [5.74, 6) is -24.8. The molecule has 7 nitrogen and oxygen atoms in total. The highest BCUT2D eigenvalue weighted by Gasteiger charge is 2.83. The summed E-state index contributed by atoms with van der Waals surface area (Å²) >= 11 is 0. The van der Waals surface area contributed by atoms with Crippen LogP contribution in [0, 0.1) is 11.8 Å². The van der Waals surface area contributed by atoms with E-state index < -0.39 is 83.8 Å². The van der Waals surface area contributed by atoms with E-state index in [1.54, 1.807) is 0 Å². The van der Waals surface area contributed by atoms with Crippen LogP contribution in [0.25, 0.3) is 0 Å². The van der Waals surface area contributed by atoms with Crippen LogP contribution in [0.3, 0.4) is 0 Å². The molecule has 0 N–H and O–H groups in total. The van der Waals surface area contributed by atoms with Gasteiger partial charge in [-0.25, -0.2) is 0 Å². The van der Waals surface area contributed by atoms with Gasteiger partial charge in [-0.1, -0.05) is 6.07 Å². The molecule has 0 saturated carbocycles. The molecule has 2 fully saturated rings. The average molecular weight is 534 g/mol. The molecule has 2 saturated heterocycles. The van der Waals surface area contributed by atoms with Gasteiger partial charge in [-0.05, 0) is 35.6 Å². The van der Waals surface area contributed by atoms with Crippen molar-refractivity contribution in [2.75, 3.05) is 0 Å². The Morgan fingerprint density at radius 3 is 1.89 bits per heavy atom. The molecule has 0 spiro atoms. The van der Waals surface area contributed by atoms with E-state index in [1.165, 1.54) is 0 Å². The highest BCUT2D eigenvalue weighted by molar-refractivity contribution is 6.01. The number of benzene rings is 1. The Morgan fingerprint density at radius 2 is 1.33 bits per heavy atom. The molecule has 0 bridgehead atoms. The maximum atomic E-state index is 14.0. The van der Waals surface area contributed by atoms with E-state index in [-0.39, 0.29) is 17.5 Å². The van der Waals surface area contributed by atoms with Gasteiger partial charge in [-0.3, -0.25) is 19.2 Å². The van der Waals surface area contributed by atoms with Crippen LogP contribution in [-0.2, 0) is 28.7 Å². The second kappa shape index (κ2) is 7.83. The minimum absolute atomic E-state index is 0.00241. The monoisotopic (exact) mass is 534 g/mol. The number of hydrogen-bond donors (Lipinski definition) is 0. The first kappa shape index (κ1) is 25.8. The number of ether oxygens (including phenoxy) is 3. The van der Waals surface area contributed by atoms with Crippen molar-refractivity contribution in [2.24, 2.45) is 11.8 Å². The van der Waals surface area contributed by atoms with Gasteiger partial charge >= 0.3 is 48.0 Å². The molecule has 4 unspecified atom stereocenters. The number of esters is 4. The van der Waals surface area contributed by atoms with E-state index in [9.17, 15) is 58.7 Å². The first-order valence-corrected chi connectivity index (χ1v) is 9.92.